The lowest BCUT2D eigenvalue weighted by atomic mass is 10.3. The minimum atomic E-state index is 0.0738. The normalized spacial score (nSPS) is 10.3. The number of alkyl halides is 1. The highest BCUT2D eigenvalue weighted by atomic mass is 79.9. The lowest BCUT2D eigenvalue weighted by molar-refractivity contribution is 0.0766. The van der Waals surface area contributed by atoms with Gasteiger partial charge in [0.1, 0.15) is 10.6 Å². The highest BCUT2D eigenvalue weighted by Gasteiger charge is 2.19. The quantitative estimate of drug-likeness (QED) is 0.721. The third kappa shape index (κ3) is 4.00. The Morgan fingerprint density at radius 1 is 1.53 bits per heavy atom. The van der Waals surface area contributed by atoms with E-state index in [1.165, 1.54) is 11.3 Å². The van der Waals surface area contributed by atoms with E-state index in [2.05, 4.69) is 22.9 Å². The van der Waals surface area contributed by atoms with Gasteiger partial charge in [0.05, 0.1) is 7.11 Å². The lowest BCUT2D eigenvalue weighted by Gasteiger charge is -2.21. The van der Waals surface area contributed by atoms with Crippen LogP contribution in [0.1, 0.15) is 29.4 Å². The number of halogens is 1. The Morgan fingerprint density at radius 2 is 2.29 bits per heavy atom. The van der Waals surface area contributed by atoms with E-state index >= 15 is 0 Å². The minimum absolute atomic E-state index is 0.0738. The number of rotatable bonds is 7. The minimum Gasteiger partial charge on any atom is -0.495 e. The van der Waals surface area contributed by atoms with E-state index in [0.717, 1.165) is 31.3 Å². The first-order valence-electron chi connectivity index (χ1n) is 5.71. The molecule has 0 saturated heterocycles. The van der Waals surface area contributed by atoms with Crippen LogP contribution in [-0.4, -0.2) is 36.3 Å². The number of ether oxygens (including phenoxy) is 1. The second-order valence-corrected chi connectivity index (χ2v) is 5.36. The van der Waals surface area contributed by atoms with Gasteiger partial charge in [0.25, 0.3) is 5.91 Å². The highest BCUT2D eigenvalue weighted by Crippen LogP contribution is 2.26. The van der Waals surface area contributed by atoms with Crippen molar-refractivity contribution in [3.05, 3.63) is 16.3 Å². The van der Waals surface area contributed by atoms with E-state index in [1.54, 1.807) is 7.11 Å². The Kier molecular flexibility index (Phi) is 6.58. The summed E-state index contributed by atoms with van der Waals surface area (Å²) in [6, 6.07) is 1.84. The molecular formula is C12H18BrNO2S. The first-order valence-corrected chi connectivity index (χ1v) is 7.71. The molecule has 0 atom stereocenters. The topological polar surface area (TPSA) is 29.5 Å². The number of amides is 1. The molecule has 1 aromatic heterocycles. The van der Waals surface area contributed by atoms with Gasteiger partial charge in [-0.15, -0.1) is 11.3 Å². The molecule has 1 aromatic rings. The molecule has 0 aliphatic carbocycles. The van der Waals surface area contributed by atoms with Gasteiger partial charge < -0.3 is 9.64 Å². The molecule has 1 rings (SSSR count). The summed E-state index contributed by atoms with van der Waals surface area (Å²) in [5, 5.41) is 2.69. The summed E-state index contributed by atoms with van der Waals surface area (Å²) < 4.78 is 5.19. The van der Waals surface area contributed by atoms with E-state index in [0.29, 0.717) is 10.6 Å². The Hall–Kier alpha value is -0.550. The molecule has 0 saturated carbocycles. The molecule has 0 N–H and O–H groups in total. The van der Waals surface area contributed by atoms with Crippen LogP contribution in [0.4, 0.5) is 0 Å². The van der Waals surface area contributed by atoms with Crippen LogP contribution in [0.15, 0.2) is 11.4 Å². The van der Waals surface area contributed by atoms with Crippen molar-refractivity contribution in [2.45, 2.75) is 19.8 Å². The number of unbranched alkanes of at least 4 members (excludes halogenated alkanes) is 1. The molecule has 1 amide bonds. The van der Waals surface area contributed by atoms with E-state index in [9.17, 15) is 4.79 Å². The second kappa shape index (κ2) is 7.71. The average Bonchev–Trinajstić information content (AvgIpc) is 2.81. The van der Waals surface area contributed by atoms with Crippen LogP contribution in [-0.2, 0) is 0 Å². The number of hydrogen-bond donors (Lipinski definition) is 0. The molecule has 3 nitrogen and oxygen atoms in total. The summed E-state index contributed by atoms with van der Waals surface area (Å²) in [5.74, 6) is 0.751. The highest BCUT2D eigenvalue weighted by molar-refractivity contribution is 9.09. The standard InChI is InChI=1S/C12H18BrNO2S/c1-3-4-7-14(8-6-13)12(15)11-10(16-2)5-9-17-11/h5,9H,3-4,6-8H2,1-2H3. The fourth-order valence-corrected chi connectivity index (χ4v) is 2.78. The van der Waals surface area contributed by atoms with Crippen molar-refractivity contribution in [2.75, 3.05) is 25.5 Å². The molecule has 0 radical (unpaired) electrons. The molecule has 0 aliphatic heterocycles. The smallest absolute Gasteiger partial charge is 0.267 e. The van der Waals surface area contributed by atoms with Crippen LogP contribution >= 0.6 is 27.3 Å². The second-order valence-electron chi connectivity index (χ2n) is 3.65. The number of hydrogen-bond acceptors (Lipinski definition) is 3. The van der Waals surface area contributed by atoms with Crippen molar-refractivity contribution in [1.82, 2.24) is 4.90 Å². The summed E-state index contributed by atoms with van der Waals surface area (Å²) in [6.45, 7) is 3.67. The zero-order valence-electron chi connectivity index (χ0n) is 10.2. The maximum Gasteiger partial charge on any atom is 0.267 e. The molecule has 0 spiro atoms. The van der Waals surface area contributed by atoms with Gasteiger partial charge in [-0.3, -0.25) is 4.79 Å². The Balaban J connectivity index is 2.76. The molecule has 0 unspecified atom stereocenters. The van der Waals surface area contributed by atoms with Gasteiger partial charge in [0, 0.05) is 18.4 Å². The number of carbonyl (C=O) groups excluding carboxylic acids is 1. The summed E-state index contributed by atoms with van der Waals surface area (Å²) in [5.41, 5.74) is 0. The molecule has 5 heteroatoms. The van der Waals surface area contributed by atoms with Crippen molar-refractivity contribution < 1.29 is 9.53 Å². The number of thiophene rings is 1. The molecule has 1 heterocycles. The number of carbonyl (C=O) groups is 1. The van der Waals surface area contributed by atoms with Gasteiger partial charge >= 0.3 is 0 Å². The van der Waals surface area contributed by atoms with Gasteiger partial charge in [-0.2, -0.15) is 0 Å². The van der Waals surface area contributed by atoms with Crippen LogP contribution in [0.25, 0.3) is 0 Å². The molecular weight excluding hydrogens is 302 g/mol. The molecule has 17 heavy (non-hydrogen) atoms. The molecule has 0 aromatic carbocycles. The summed E-state index contributed by atoms with van der Waals surface area (Å²) in [6.07, 6.45) is 2.13. The summed E-state index contributed by atoms with van der Waals surface area (Å²) in [7, 11) is 1.60. The SMILES string of the molecule is CCCCN(CCBr)C(=O)c1sccc1OC. The average molecular weight is 320 g/mol. The maximum absolute atomic E-state index is 12.3. The van der Waals surface area contributed by atoms with Gasteiger partial charge in [0.2, 0.25) is 0 Å². The van der Waals surface area contributed by atoms with Crippen molar-refractivity contribution in [3.8, 4) is 5.75 Å². The predicted molar refractivity (Wildman–Crippen MR) is 75.5 cm³/mol. The Morgan fingerprint density at radius 3 is 2.88 bits per heavy atom. The maximum atomic E-state index is 12.3. The number of nitrogens with zero attached hydrogens (tertiary/aromatic N) is 1. The molecule has 0 bridgehead atoms. The van der Waals surface area contributed by atoms with Crippen LogP contribution < -0.4 is 4.74 Å². The number of methoxy groups -OCH3 is 1. The van der Waals surface area contributed by atoms with Crippen LogP contribution in [0.3, 0.4) is 0 Å². The molecule has 96 valence electrons. The van der Waals surface area contributed by atoms with E-state index in [1.807, 2.05) is 16.3 Å². The van der Waals surface area contributed by atoms with E-state index in [4.69, 9.17) is 4.74 Å². The zero-order chi connectivity index (χ0) is 12.7. The van der Waals surface area contributed by atoms with Crippen molar-refractivity contribution >= 4 is 33.2 Å². The van der Waals surface area contributed by atoms with E-state index in [-0.39, 0.29) is 5.91 Å². The van der Waals surface area contributed by atoms with Crippen molar-refractivity contribution in [1.29, 1.82) is 0 Å². The van der Waals surface area contributed by atoms with Crippen LogP contribution in [0.2, 0.25) is 0 Å². The first-order chi connectivity index (χ1) is 8.24. The summed E-state index contributed by atoms with van der Waals surface area (Å²) >= 11 is 4.83. The van der Waals surface area contributed by atoms with Gasteiger partial charge in [-0.1, -0.05) is 29.3 Å². The fourth-order valence-electron chi connectivity index (χ4n) is 1.52. The molecule has 0 fully saturated rings. The third-order valence-corrected chi connectivity index (χ3v) is 3.70. The Bertz CT molecular complexity index is 354. The Labute approximate surface area is 115 Å². The summed E-state index contributed by atoms with van der Waals surface area (Å²) in [4.78, 5) is 14.9. The third-order valence-electron chi connectivity index (χ3n) is 2.47. The lowest BCUT2D eigenvalue weighted by Crippen LogP contribution is -2.33. The van der Waals surface area contributed by atoms with Crippen LogP contribution in [0, 0.1) is 0 Å². The van der Waals surface area contributed by atoms with Gasteiger partial charge in [-0.25, -0.2) is 0 Å². The zero-order valence-corrected chi connectivity index (χ0v) is 12.6. The van der Waals surface area contributed by atoms with Crippen molar-refractivity contribution in [2.24, 2.45) is 0 Å². The predicted octanol–water partition coefficient (Wildman–Crippen LogP) is 3.39. The molecule has 0 aliphatic rings. The van der Waals surface area contributed by atoms with Gasteiger partial charge in [0.15, 0.2) is 0 Å². The first kappa shape index (κ1) is 14.5. The van der Waals surface area contributed by atoms with Crippen LogP contribution in [0.5, 0.6) is 5.75 Å². The largest absolute Gasteiger partial charge is 0.495 e. The van der Waals surface area contributed by atoms with E-state index < -0.39 is 0 Å². The fraction of sp³-hybridized carbons (Fsp3) is 0.583. The van der Waals surface area contributed by atoms with Gasteiger partial charge in [-0.05, 0) is 17.9 Å². The monoisotopic (exact) mass is 319 g/mol. The van der Waals surface area contributed by atoms with Crippen molar-refractivity contribution in [3.63, 3.8) is 0 Å².